The number of rotatable bonds is 5. The van der Waals surface area contributed by atoms with E-state index >= 15 is 0 Å². The summed E-state index contributed by atoms with van der Waals surface area (Å²) in [6, 6.07) is 15.4. The largest absolute Gasteiger partial charge is 0.467 e. The van der Waals surface area contributed by atoms with Crippen molar-refractivity contribution in [3.8, 4) is 0 Å². The first-order valence-corrected chi connectivity index (χ1v) is 10.7. The molecule has 2 aromatic carbocycles. The Labute approximate surface area is 176 Å². The van der Waals surface area contributed by atoms with E-state index in [-0.39, 0.29) is 23.7 Å². The van der Waals surface area contributed by atoms with Gasteiger partial charge in [0.15, 0.2) is 0 Å². The Balaban J connectivity index is 1.64. The van der Waals surface area contributed by atoms with Crippen LogP contribution in [0, 0.1) is 11.8 Å². The van der Waals surface area contributed by atoms with Crippen LogP contribution in [0.25, 0.3) is 0 Å². The molecule has 1 fully saturated rings. The Morgan fingerprint density at radius 3 is 1.70 bits per heavy atom. The molecule has 5 heteroatoms. The van der Waals surface area contributed by atoms with E-state index in [9.17, 15) is 14.4 Å². The predicted octanol–water partition coefficient (Wildman–Crippen LogP) is 3.61. The number of hydrogen-bond donors (Lipinski definition) is 0. The molecule has 1 aliphatic heterocycles. The van der Waals surface area contributed by atoms with Crippen LogP contribution in [-0.2, 0) is 19.1 Å². The summed E-state index contributed by atoms with van der Waals surface area (Å²) >= 11 is 0. The van der Waals surface area contributed by atoms with E-state index in [0.29, 0.717) is 6.42 Å². The molecule has 0 spiro atoms. The Hall–Kier alpha value is -2.95. The zero-order valence-corrected chi connectivity index (χ0v) is 17.2. The normalized spacial score (nSPS) is 26.8. The Morgan fingerprint density at radius 1 is 0.900 bits per heavy atom. The van der Waals surface area contributed by atoms with Gasteiger partial charge in [-0.1, -0.05) is 68.3 Å². The molecule has 0 unspecified atom stereocenters. The minimum absolute atomic E-state index is 0.154. The highest BCUT2D eigenvalue weighted by atomic mass is 16.5. The second-order valence-corrected chi connectivity index (χ2v) is 8.49. The quantitative estimate of drug-likeness (QED) is 0.565. The molecule has 3 aliphatic carbocycles. The molecule has 1 heterocycles. The number of carbonyl (C=O) groups excluding carboxylic acids is 3. The molecule has 0 saturated carbocycles. The van der Waals surface area contributed by atoms with Gasteiger partial charge in [0, 0.05) is 11.8 Å². The van der Waals surface area contributed by atoms with Gasteiger partial charge < -0.3 is 4.74 Å². The summed E-state index contributed by atoms with van der Waals surface area (Å²) in [5.74, 6) is -2.18. The maximum absolute atomic E-state index is 13.7. The van der Waals surface area contributed by atoms with Gasteiger partial charge in [0.1, 0.15) is 6.04 Å². The van der Waals surface area contributed by atoms with E-state index in [1.165, 1.54) is 12.0 Å². The lowest BCUT2D eigenvalue weighted by molar-refractivity contribution is -0.157. The first kappa shape index (κ1) is 19.0. The second-order valence-electron chi connectivity index (χ2n) is 8.49. The number of hydrogen-bond acceptors (Lipinski definition) is 4. The Bertz CT molecular complexity index is 929. The number of carbonyl (C=O) groups is 3. The van der Waals surface area contributed by atoms with Crippen LogP contribution in [0.2, 0.25) is 0 Å². The van der Waals surface area contributed by atoms with Crippen LogP contribution in [0.1, 0.15) is 60.3 Å². The van der Waals surface area contributed by atoms with Crippen molar-refractivity contribution in [2.75, 3.05) is 7.11 Å². The highest BCUT2D eigenvalue weighted by molar-refractivity contribution is 6.10. The standard InChI is InChI=1S/C25H25NO4/c1-3-4-13-18(25(29)30-2)26-23(27)21-19-14-9-5-6-10-15(14)20(22(21)24(26)28)17-12-8-7-11-16(17)19/h5-12,18-22H,3-4,13H2,1-2H3/t18-,19?,20?,21-,22-/m1/s1. The summed E-state index contributed by atoms with van der Waals surface area (Å²) in [4.78, 5) is 41.2. The third-order valence-electron chi connectivity index (χ3n) is 7.10. The van der Waals surface area contributed by atoms with Gasteiger partial charge in [0.25, 0.3) is 0 Å². The zero-order chi connectivity index (χ0) is 21.0. The molecule has 2 amide bonds. The lowest BCUT2D eigenvalue weighted by atomic mass is 9.55. The molecule has 0 radical (unpaired) electrons. The first-order valence-electron chi connectivity index (χ1n) is 10.7. The van der Waals surface area contributed by atoms with Crippen molar-refractivity contribution in [3.05, 3.63) is 70.8 Å². The monoisotopic (exact) mass is 403 g/mol. The number of nitrogens with zero attached hydrogens (tertiary/aromatic N) is 1. The highest BCUT2D eigenvalue weighted by Gasteiger charge is 2.63. The summed E-state index contributed by atoms with van der Waals surface area (Å²) < 4.78 is 4.98. The first-order chi connectivity index (χ1) is 14.6. The van der Waals surface area contributed by atoms with Crippen LogP contribution in [0.3, 0.4) is 0 Å². The van der Waals surface area contributed by atoms with E-state index in [0.717, 1.165) is 35.1 Å². The number of methoxy groups -OCH3 is 1. The Kier molecular flexibility index (Phi) is 4.49. The van der Waals surface area contributed by atoms with Gasteiger partial charge >= 0.3 is 5.97 Å². The highest BCUT2D eigenvalue weighted by Crippen LogP contribution is 2.61. The van der Waals surface area contributed by atoms with E-state index in [1.54, 1.807) is 0 Å². The van der Waals surface area contributed by atoms with Crippen LogP contribution < -0.4 is 0 Å². The fourth-order valence-corrected chi connectivity index (χ4v) is 5.89. The van der Waals surface area contributed by atoms with Crippen molar-refractivity contribution in [3.63, 3.8) is 0 Å². The lowest BCUT2D eigenvalue weighted by Gasteiger charge is -2.45. The summed E-state index contributed by atoms with van der Waals surface area (Å²) in [7, 11) is 1.31. The smallest absolute Gasteiger partial charge is 0.329 e. The fraction of sp³-hybridized carbons (Fsp3) is 0.400. The molecule has 6 rings (SSSR count). The van der Waals surface area contributed by atoms with Gasteiger partial charge in [0.05, 0.1) is 18.9 Å². The number of ether oxygens (including phenoxy) is 1. The van der Waals surface area contributed by atoms with Crippen LogP contribution >= 0.6 is 0 Å². The van der Waals surface area contributed by atoms with Gasteiger partial charge in [-0.15, -0.1) is 0 Å². The molecule has 0 N–H and O–H groups in total. The van der Waals surface area contributed by atoms with Crippen molar-refractivity contribution in [1.82, 2.24) is 4.90 Å². The number of esters is 1. The van der Waals surface area contributed by atoms with Crippen molar-refractivity contribution in [2.45, 2.75) is 44.1 Å². The Morgan fingerprint density at radius 2 is 1.33 bits per heavy atom. The number of amides is 2. The predicted molar refractivity (Wildman–Crippen MR) is 111 cm³/mol. The minimum Gasteiger partial charge on any atom is -0.467 e. The van der Waals surface area contributed by atoms with Crippen LogP contribution in [0.5, 0.6) is 0 Å². The van der Waals surface area contributed by atoms with Crippen molar-refractivity contribution in [2.24, 2.45) is 11.8 Å². The number of unbranched alkanes of at least 4 members (excludes halogenated alkanes) is 1. The molecule has 2 aromatic rings. The van der Waals surface area contributed by atoms with Crippen LogP contribution in [0.15, 0.2) is 48.5 Å². The average molecular weight is 403 g/mol. The number of imide groups is 1. The molecule has 1 saturated heterocycles. The summed E-state index contributed by atoms with van der Waals surface area (Å²) in [6.07, 6.45) is 2.06. The number of likely N-dealkylation sites (tertiary alicyclic amines) is 1. The molecular weight excluding hydrogens is 378 g/mol. The molecular formula is C25H25NO4. The molecule has 30 heavy (non-hydrogen) atoms. The van der Waals surface area contributed by atoms with Gasteiger partial charge in [-0.3, -0.25) is 14.5 Å². The molecule has 4 aliphatic rings. The average Bonchev–Trinajstić information content (AvgIpc) is 3.05. The van der Waals surface area contributed by atoms with Gasteiger partial charge in [0.2, 0.25) is 11.8 Å². The van der Waals surface area contributed by atoms with Crippen molar-refractivity contribution >= 4 is 17.8 Å². The van der Waals surface area contributed by atoms with Gasteiger partial charge in [-0.2, -0.15) is 0 Å². The SMILES string of the molecule is CCCC[C@H](C(=O)OC)N1C(=O)[C@@H]2C3c4ccccc4C(c4ccccc43)[C@H]2C1=O. The van der Waals surface area contributed by atoms with Crippen molar-refractivity contribution in [1.29, 1.82) is 0 Å². The van der Waals surface area contributed by atoms with E-state index in [2.05, 4.69) is 24.3 Å². The molecule has 5 nitrogen and oxygen atoms in total. The summed E-state index contributed by atoms with van der Waals surface area (Å²) in [6.45, 7) is 2.02. The summed E-state index contributed by atoms with van der Waals surface area (Å²) in [5, 5.41) is 0. The maximum Gasteiger partial charge on any atom is 0.329 e. The van der Waals surface area contributed by atoms with Crippen LogP contribution in [-0.4, -0.2) is 35.8 Å². The van der Waals surface area contributed by atoms with Gasteiger partial charge in [-0.05, 0) is 28.7 Å². The topological polar surface area (TPSA) is 63.7 Å². The van der Waals surface area contributed by atoms with Crippen LogP contribution in [0.4, 0.5) is 0 Å². The van der Waals surface area contributed by atoms with E-state index in [4.69, 9.17) is 4.74 Å². The third-order valence-corrected chi connectivity index (χ3v) is 7.10. The fourth-order valence-electron chi connectivity index (χ4n) is 5.89. The second kappa shape index (κ2) is 7.08. The van der Waals surface area contributed by atoms with E-state index in [1.807, 2.05) is 31.2 Å². The van der Waals surface area contributed by atoms with Gasteiger partial charge in [-0.25, -0.2) is 4.79 Å². The third kappa shape index (κ3) is 2.44. The zero-order valence-electron chi connectivity index (χ0n) is 17.2. The summed E-state index contributed by atoms with van der Waals surface area (Å²) in [5.41, 5.74) is 4.53. The van der Waals surface area contributed by atoms with Crippen molar-refractivity contribution < 1.29 is 19.1 Å². The van der Waals surface area contributed by atoms with E-state index < -0.39 is 23.8 Å². The maximum atomic E-state index is 13.7. The molecule has 2 bridgehead atoms. The lowest BCUT2D eigenvalue weighted by Crippen LogP contribution is -2.46. The number of benzene rings is 2. The molecule has 0 aromatic heterocycles. The minimum atomic E-state index is -0.842. The molecule has 154 valence electrons. The molecule has 3 atom stereocenters.